The maximum Gasteiger partial charge on any atom is 0.260 e. The zero-order valence-electron chi connectivity index (χ0n) is 16.3. The van der Waals surface area contributed by atoms with Gasteiger partial charge in [0.1, 0.15) is 16.8 Å². The third kappa shape index (κ3) is 3.14. The number of hydrogen-bond acceptors (Lipinski definition) is 6. The number of nitrogens with zero attached hydrogens (tertiary/aromatic N) is 3. The van der Waals surface area contributed by atoms with E-state index < -0.39 is 0 Å². The van der Waals surface area contributed by atoms with Gasteiger partial charge in [-0.05, 0) is 43.7 Å². The summed E-state index contributed by atoms with van der Waals surface area (Å²) in [6, 6.07) is 13.3. The Morgan fingerprint density at radius 3 is 2.67 bits per heavy atom. The molecule has 0 saturated heterocycles. The minimum atomic E-state index is -0.273. The summed E-state index contributed by atoms with van der Waals surface area (Å²) in [4.78, 5) is 16.9. The number of hydrogen-bond donors (Lipinski definition) is 2. The van der Waals surface area contributed by atoms with E-state index in [9.17, 15) is 4.79 Å². The largest absolute Gasteiger partial charge is 0.436 e. The third-order valence-corrected chi connectivity index (χ3v) is 4.84. The lowest BCUT2D eigenvalue weighted by Crippen LogP contribution is -2.11. The fourth-order valence-corrected chi connectivity index (χ4v) is 3.26. The van der Waals surface area contributed by atoms with E-state index in [-0.39, 0.29) is 5.91 Å². The zero-order chi connectivity index (χ0) is 20.7. The van der Waals surface area contributed by atoms with E-state index in [0.29, 0.717) is 22.9 Å². The minimum absolute atomic E-state index is 0.273. The molecule has 0 saturated carbocycles. The van der Waals surface area contributed by atoms with Crippen LogP contribution >= 0.6 is 0 Å². The smallest absolute Gasteiger partial charge is 0.260 e. The van der Waals surface area contributed by atoms with Crippen LogP contribution in [0.4, 0.5) is 5.69 Å². The predicted molar refractivity (Wildman–Crippen MR) is 111 cm³/mol. The van der Waals surface area contributed by atoms with Gasteiger partial charge in [0.15, 0.2) is 5.58 Å². The molecule has 8 nitrogen and oxygen atoms in total. The summed E-state index contributed by atoms with van der Waals surface area (Å²) in [5.41, 5.74) is 6.15. The van der Waals surface area contributed by atoms with E-state index in [0.717, 1.165) is 33.5 Å². The molecule has 0 atom stereocenters. The molecular weight excluding hydrogens is 382 g/mol. The molecule has 0 aliphatic carbocycles. The standard InChI is InChI=1S/C22H17N5O3/c1-12-3-8-19-18(9-12)26-22(29-19)17-10-23-27-20(17)14-4-6-15(7-5-14)25-21(28)16-11-24-30-13(16)2/h3-11H,1-2H3,(H,23,27)(H,25,28). The molecule has 5 rings (SSSR count). The number of carbonyl (C=O) groups excluding carboxylic acids is 1. The summed E-state index contributed by atoms with van der Waals surface area (Å²) in [6.07, 6.45) is 3.09. The number of aryl methyl sites for hydroxylation is 2. The maximum atomic E-state index is 12.3. The summed E-state index contributed by atoms with van der Waals surface area (Å²) in [5.74, 6) is 0.699. The molecule has 0 radical (unpaired) electrons. The highest BCUT2D eigenvalue weighted by molar-refractivity contribution is 6.04. The Morgan fingerprint density at radius 1 is 1.07 bits per heavy atom. The van der Waals surface area contributed by atoms with Crippen molar-refractivity contribution in [2.45, 2.75) is 13.8 Å². The molecule has 0 fully saturated rings. The SMILES string of the molecule is Cc1ccc2oc(-c3cn[nH]c3-c3ccc(NC(=O)c4cnoc4C)cc3)nc2c1. The second kappa shape index (κ2) is 7.00. The van der Waals surface area contributed by atoms with Crippen molar-refractivity contribution in [1.82, 2.24) is 20.3 Å². The first-order valence-corrected chi connectivity index (χ1v) is 9.32. The first kappa shape index (κ1) is 17.9. The maximum absolute atomic E-state index is 12.3. The van der Waals surface area contributed by atoms with Crippen LogP contribution in [0.15, 0.2) is 63.8 Å². The van der Waals surface area contributed by atoms with Crippen molar-refractivity contribution in [1.29, 1.82) is 0 Å². The quantitative estimate of drug-likeness (QED) is 0.452. The lowest BCUT2D eigenvalue weighted by Gasteiger charge is -2.06. The number of carbonyl (C=O) groups is 1. The Morgan fingerprint density at radius 2 is 1.90 bits per heavy atom. The molecule has 0 bridgehead atoms. The van der Waals surface area contributed by atoms with Crippen LogP contribution in [0.3, 0.4) is 0 Å². The van der Waals surface area contributed by atoms with Crippen molar-refractivity contribution >= 4 is 22.7 Å². The van der Waals surface area contributed by atoms with Gasteiger partial charge in [-0.25, -0.2) is 4.98 Å². The lowest BCUT2D eigenvalue weighted by atomic mass is 10.1. The van der Waals surface area contributed by atoms with Gasteiger partial charge in [0.05, 0.1) is 23.7 Å². The molecule has 3 heterocycles. The van der Waals surface area contributed by atoms with Crippen LogP contribution in [0.2, 0.25) is 0 Å². The second-order valence-electron chi connectivity index (χ2n) is 6.98. The fraction of sp³-hybridized carbons (Fsp3) is 0.0909. The van der Waals surface area contributed by atoms with Gasteiger partial charge in [-0.3, -0.25) is 9.89 Å². The molecule has 0 aliphatic rings. The first-order chi connectivity index (χ1) is 14.6. The topological polar surface area (TPSA) is 110 Å². The number of anilines is 1. The Hall–Kier alpha value is -4.20. The van der Waals surface area contributed by atoms with Crippen molar-refractivity contribution in [3.8, 4) is 22.7 Å². The number of nitrogens with one attached hydrogen (secondary N) is 2. The van der Waals surface area contributed by atoms with Crippen molar-refractivity contribution in [2.24, 2.45) is 0 Å². The van der Waals surface area contributed by atoms with Crippen molar-refractivity contribution in [2.75, 3.05) is 5.32 Å². The van der Waals surface area contributed by atoms with Crippen LogP contribution in [0.1, 0.15) is 21.7 Å². The molecule has 0 aliphatic heterocycles. The van der Waals surface area contributed by atoms with E-state index in [1.807, 2.05) is 49.4 Å². The van der Waals surface area contributed by atoms with Crippen LogP contribution in [0.25, 0.3) is 33.8 Å². The number of aromatic nitrogens is 4. The number of H-pyrrole nitrogens is 1. The molecular formula is C22H17N5O3. The van der Waals surface area contributed by atoms with Crippen molar-refractivity contribution in [3.63, 3.8) is 0 Å². The molecule has 5 aromatic rings. The average Bonchev–Trinajstić information content (AvgIpc) is 3.46. The van der Waals surface area contributed by atoms with Gasteiger partial charge >= 0.3 is 0 Å². The summed E-state index contributed by atoms with van der Waals surface area (Å²) < 4.78 is 10.9. The summed E-state index contributed by atoms with van der Waals surface area (Å²) in [5, 5.41) is 13.6. The molecule has 30 heavy (non-hydrogen) atoms. The monoisotopic (exact) mass is 399 g/mol. The second-order valence-corrected chi connectivity index (χ2v) is 6.98. The highest BCUT2D eigenvalue weighted by atomic mass is 16.5. The van der Waals surface area contributed by atoms with Gasteiger partial charge in [-0.2, -0.15) is 5.10 Å². The van der Waals surface area contributed by atoms with E-state index in [1.165, 1.54) is 6.20 Å². The Balaban J connectivity index is 1.42. The molecule has 0 unspecified atom stereocenters. The average molecular weight is 399 g/mol. The highest BCUT2D eigenvalue weighted by Crippen LogP contribution is 2.32. The molecule has 8 heteroatoms. The van der Waals surface area contributed by atoms with Crippen LogP contribution in [0.5, 0.6) is 0 Å². The van der Waals surface area contributed by atoms with Gasteiger partial charge in [-0.15, -0.1) is 0 Å². The van der Waals surface area contributed by atoms with Gasteiger partial charge < -0.3 is 14.3 Å². The van der Waals surface area contributed by atoms with E-state index in [2.05, 4.69) is 25.7 Å². The third-order valence-electron chi connectivity index (χ3n) is 4.84. The molecule has 148 valence electrons. The molecule has 3 aromatic heterocycles. The summed E-state index contributed by atoms with van der Waals surface area (Å²) in [6.45, 7) is 3.71. The zero-order valence-corrected chi connectivity index (χ0v) is 16.3. The minimum Gasteiger partial charge on any atom is -0.436 e. The van der Waals surface area contributed by atoms with Crippen molar-refractivity contribution in [3.05, 3.63) is 71.7 Å². The van der Waals surface area contributed by atoms with Crippen LogP contribution < -0.4 is 5.32 Å². The molecule has 0 spiro atoms. The number of benzene rings is 2. The van der Waals surface area contributed by atoms with E-state index >= 15 is 0 Å². The lowest BCUT2D eigenvalue weighted by molar-refractivity contribution is 0.102. The number of oxazole rings is 1. The van der Waals surface area contributed by atoms with E-state index in [1.54, 1.807) is 13.1 Å². The molecule has 2 N–H and O–H groups in total. The van der Waals surface area contributed by atoms with Gasteiger partial charge in [-0.1, -0.05) is 23.4 Å². The molecule has 1 amide bonds. The number of rotatable bonds is 4. The van der Waals surface area contributed by atoms with Gasteiger partial charge in [0.2, 0.25) is 5.89 Å². The Bertz CT molecular complexity index is 1360. The van der Waals surface area contributed by atoms with Crippen molar-refractivity contribution < 1.29 is 13.7 Å². The van der Waals surface area contributed by atoms with Crippen LogP contribution in [-0.4, -0.2) is 26.2 Å². The van der Waals surface area contributed by atoms with Crippen LogP contribution in [0, 0.1) is 13.8 Å². The van der Waals surface area contributed by atoms with Crippen LogP contribution in [-0.2, 0) is 0 Å². The van der Waals surface area contributed by atoms with E-state index in [4.69, 9.17) is 8.94 Å². The normalized spacial score (nSPS) is 11.1. The fourth-order valence-electron chi connectivity index (χ4n) is 3.26. The van der Waals surface area contributed by atoms with Gasteiger partial charge in [0.25, 0.3) is 5.91 Å². The highest BCUT2D eigenvalue weighted by Gasteiger charge is 2.17. The molecule has 2 aromatic carbocycles. The summed E-state index contributed by atoms with van der Waals surface area (Å²) in [7, 11) is 0. The Kier molecular flexibility index (Phi) is 4.17. The number of amides is 1. The number of aromatic amines is 1. The predicted octanol–water partition coefficient (Wildman–Crippen LogP) is 4.74. The Labute approximate surface area is 170 Å². The van der Waals surface area contributed by atoms with Gasteiger partial charge in [0, 0.05) is 11.3 Å². The summed E-state index contributed by atoms with van der Waals surface area (Å²) >= 11 is 0. The number of fused-ring (bicyclic) bond motifs is 1. The first-order valence-electron chi connectivity index (χ1n) is 9.32.